The van der Waals surface area contributed by atoms with Crippen LogP contribution in [-0.2, 0) is 15.5 Å². The van der Waals surface area contributed by atoms with Crippen LogP contribution in [0.5, 0.6) is 0 Å². The van der Waals surface area contributed by atoms with E-state index in [0.29, 0.717) is 16.8 Å². The molecular weight excluding hydrogens is 360 g/mol. The molecule has 0 radical (unpaired) electrons. The van der Waals surface area contributed by atoms with Crippen molar-refractivity contribution >= 4 is 37.4 Å². The maximum absolute atomic E-state index is 12.7. The Morgan fingerprint density at radius 2 is 1.75 bits per heavy atom. The summed E-state index contributed by atoms with van der Waals surface area (Å²) < 4.78 is 50.0. The molecule has 0 bridgehead atoms. The number of benzene rings is 1. The highest BCUT2D eigenvalue weighted by Gasteiger charge is 2.52. The molecule has 1 aliphatic rings. The van der Waals surface area contributed by atoms with Crippen LogP contribution in [0.4, 0.5) is 13.2 Å². The van der Waals surface area contributed by atoms with Crippen molar-refractivity contribution in [1.82, 2.24) is 0 Å². The summed E-state index contributed by atoms with van der Waals surface area (Å²) in [4.78, 5) is 0. The second-order valence-corrected chi connectivity index (χ2v) is 7.42. The quantitative estimate of drug-likeness (QED) is 0.568. The first kappa shape index (κ1) is 19.7. The van der Waals surface area contributed by atoms with Gasteiger partial charge in [-0.1, -0.05) is 23.7 Å². The minimum Gasteiger partial charge on any atom is -0.400 e. The molecule has 132 valence electrons. The zero-order valence-electron chi connectivity index (χ0n) is 13.9. The van der Waals surface area contributed by atoms with E-state index in [1.165, 1.54) is 6.07 Å². The first-order valence-corrected chi connectivity index (χ1v) is 8.42. The lowest BCUT2D eigenvalue weighted by Gasteiger charge is -2.32. The van der Waals surface area contributed by atoms with Crippen LogP contribution in [0.1, 0.15) is 38.8 Å². The van der Waals surface area contributed by atoms with Gasteiger partial charge in [0.1, 0.15) is 0 Å². The topological polar surface area (TPSA) is 18.5 Å². The van der Waals surface area contributed by atoms with Gasteiger partial charge in [0, 0.05) is 10.8 Å². The molecule has 0 unspecified atom stereocenters. The van der Waals surface area contributed by atoms with Crippen LogP contribution < -0.4 is 0 Å². The average Bonchev–Trinajstić information content (AvgIpc) is 2.64. The first-order chi connectivity index (χ1) is 10.9. The number of rotatable bonds is 3. The van der Waals surface area contributed by atoms with E-state index < -0.39 is 30.1 Å². The fraction of sp³-hybridized carbons (Fsp3) is 0.500. The second-order valence-electron chi connectivity index (χ2n) is 6.70. The average molecular weight is 379 g/mol. The highest BCUT2D eigenvalue weighted by atomic mass is 35.5. The molecule has 0 aliphatic carbocycles. The number of alkyl halides is 3. The Hall–Kier alpha value is -0.625. The fourth-order valence-electron chi connectivity index (χ4n) is 2.20. The van der Waals surface area contributed by atoms with Gasteiger partial charge >= 0.3 is 13.3 Å². The maximum atomic E-state index is 12.7. The molecule has 0 spiro atoms. The molecule has 2 rings (SSSR count). The maximum Gasteiger partial charge on any atom is 0.491 e. The molecule has 2 nitrogen and oxygen atoms in total. The van der Waals surface area contributed by atoms with E-state index in [9.17, 15) is 13.2 Å². The molecule has 1 aromatic rings. The van der Waals surface area contributed by atoms with E-state index in [4.69, 9.17) is 20.9 Å². The summed E-state index contributed by atoms with van der Waals surface area (Å²) in [6.07, 6.45) is -2.76. The van der Waals surface area contributed by atoms with Gasteiger partial charge in [-0.15, -0.1) is 0 Å². The summed E-state index contributed by atoms with van der Waals surface area (Å²) in [5.41, 5.74) is -0.650. The molecule has 0 atom stereocenters. The van der Waals surface area contributed by atoms with Crippen LogP contribution in [0.25, 0.3) is 6.08 Å². The van der Waals surface area contributed by atoms with Crippen molar-refractivity contribution < 1.29 is 22.5 Å². The van der Waals surface area contributed by atoms with Crippen LogP contribution in [0.2, 0.25) is 5.02 Å². The van der Waals surface area contributed by atoms with Crippen LogP contribution in [0.15, 0.2) is 23.7 Å². The molecule has 8 heteroatoms. The molecule has 1 heterocycles. The number of halogens is 4. The van der Waals surface area contributed by atoms with Gasteiger partial charge in [-0.05, 0) is 50.9 Å². The van der Waals surface area contributed by atoms with Crippen molar-refractivity contribution in [3.05, 3.63) is 39.8 Å². The third-order valence-corrected chi connectivity index (χ3v) is 5.10. The van der Waals surface area contributed by atoms with E-state index in [-0.39, 0.29) is 5.02 Å². The Labute approximate surface area is 150 Å². The molecule has 0 saturated carbocycles. The lowest BCUT2D eigenvalue weighted by molar-refractivity contribution is -0.137. The summed E-state index contributed by atoms with van der Waals surface area (Å²) in [5, 5.41) is 0.0145. The van der Waals surface area contributed by atoms with Crippen LogP contribution >= 0.6 is 24.2 Å². The van der Waals surface area contributed by atoms with Crippen LogP contribution in [-0.4, -0.2) is 24.1 Å². The summed E-state index contributed by atoms with van der Waals surface area (Å²) >= 11 is 10.3. The number of hydrogen-bond donors (Lipinski definition) is 1. The molecule has 1 aliphatic heterocycles. The van der Waals surface area contributed by atoms with Crippen LogP contribution in [0.3, 0.4) is 0 Å². The highest BCUT2D eigenvalue weighted by molar-refractivity contribution is 7.80. The van der Waals surface area contributed by atoms with Crippen molar-refractivity contribution in [2.45, 2.75) is 45.1 Å². The fourth-order valence-corrected chi connectivity index (χ4v) is 2.68. The predicted molar refractivity (Wildman–Crippen MR) is 94.4 cm³/mol. The van der Waals surface area contributed by atoms with Gasteiger partial charge in [-0.2, -0.15) is 25.8 Å². The SMILES string of the molecule is CC1(C)OB(C(=Cc2ccc(C(F)(F)F)cc2Cl)CS)OC1(C)C. The van der Waals surface area contributed by atoms with Crippen molar-refractivity contribution in [1.29, 1.82) is 0 Å². The standard InChI is InChI=1S/C16H19BClF3O2S/c1-14(2)15(3,4)23-17(22-14)12(9-24)7-10-5-6-11(8-13(10)18)16(19,20)21/h5-8,24H,9H2,1-4H3. The smallest absolute Gasteiger partial charge is 0.400 e. The van der Waals surface area contributed by atoms with E-state index in [1.807, 2.05) is 27.7 Å². The van der Waals surface area contributed by atoms with E-state index in [1.54, 1.807) is 6.08 Å². The summed E-state index contributed by atoms with van der Waals surface area (Å²) in [6.45, 7) is 7.70. The van der Waals surface area contributed by atoms with Crippen molar-refractivity contribution in [2.24, 2.45) is 0 Å². The monoisotopic (exact) mass is 378 g/mol. The number of hydrogen-bond acceptors (Lipinski definition) is 3. The Kier molecular flexibility index (Phi) is 5.41. The number of thiol groups is 1. The Morgan fingerprint density at radius 1 is 1.21 bits per heavy atom. The van der Waals surface area contributed by atoms with E-state index in [0.717, 1.165) is 12.1 Å². The van der Waals surface area contributed by atoms with Gasteiger partial charge < -0.3 is 9.31 Å². The lowest BCUT2D eigenvalue weighted by Crippen LogP contribution is -2.41. The Morgan fingerprint density at radius 3 is 2.17 bits per heavy atom. The third-order valence-electron chi connectivity index (χ3n) is 4.41. The lowest BCUT2D eigenvalue weighted by atomic mass is 9.78. The Bertz CT molecular complexity index is 643. The summed E-state index contributed by atoms with van der Waals surface area (Å²) in [7, 11) is -0.620. The van der Waals surface area contributed by atoms with E-state index in [2.05, 4.69) is 12.6 Å². The van der Waals surface area contributed by atoms with Crippen molar-refractivity contribution in [3.63, 3.8) is 0 Å². The second kappa shape index (κ2) is 6.59. The molecule has 1 aromatic carbocycles. The first-order valence-electron chi connectivity index (χ1n) is 7.41. The zero-order chi connectivity index (χ0) is 18.3. The van der Waals surface area contributed by atoms with Gasteiger partial charge in [-0.25, -0.2) is 0 Å². The molecule has 1 saturated heterocycles. The van der Waals surface area contributed by atoms with Gasteiger partial charge in [0.25, 0.3) is 0 Å². The molecule has 0 N–H and O–H groups in total. The van der Waals surface area contributed by atoms with Gasteiger partial charge in [-0.3, -0.25) is 0 Å². The summed E-state index contributed by atoms with van der Waals surface area (Å²) in [6, 6.07) is 3.24. The summed E-state index contributed by atoms with van der Waals surface area (Å²) in [5.74, 6) is 0.328. The largest absolute Gasteiger partial charge is 0.491 e. The normalized spacial score (nSPS) is 20.5. The molecule has 0 aromatic heterocycles. The Balaban J connectivity index is 2.32. The molecule has 1 fully saturated rings. The van der Waals surface area contributed by atoms with Crippen LogP contribution in [0, 0.1) is 0 Å². The van der Waals surface area contributed by atoms with E-state index >= 15 is 0 Å². The molecule has 0 amide bonds. The zero-order valence-corrected chi connectivity index (χ0v) is 15.5. The van der Waals surface area contributed by atoms with Crippen molar-refractivity contribution in [3.8, 4) is 0 Å². The molecular formula is C16H19BClF3O2S. The minimum atomic E-state index is -4.43. The third kappa shape index (κ3) is 3.95. The van der Waals surface area contributed by atoms with Gasteiger partial charge in [0.05, 0.1) is 16.8 Å². The minimum absolute atomic E-state index is 0.0145. The van der Waals surface area contributed by atoms with Gasteiger partial charge in [0.15, 0.2) is 0 Å². The van der Waals surface area contributed by atoms with Crippen molar-refractivity contribution in [2.75, 3.05) is 5.75 Å². The van der Waals surface area contributed by atoms with Gasteiger partial charge in [0.2, 0.25) is 0 Å². The highest BCUT2D eigenvalue weighted by Crippen LogP contribution is 2.39. The molecule has 24 heavy (non-hydrogen) atoms. The predicted octanol–water partition coefficient (Wildman–Crippen LogP) is 5.30.